The van der Waals surface area contributed by atoms with E-state index in [9.17, 15) is 62.4 Å². The van der Waals surface area contributed by atoms with E-state index in [1.165, 1.54) is 4.90 Å². The first-order valence-electron chi connectivity index (χ1n) is 21.6. The molecule has 0 aliphatic heterocycles. The van der Waals surface area contributed by atoms with Crippen LogP contribution < -0.4 is 16.4 Å². The monoisotopic (exact) mass is 1150 g/mol. The minimum atomic E-state index is -5.08. The van der Waals surface area contributed by atoms with Gasteiger partial charge in [0.25, 0.3) is 52.4 Å². The first kappa shape index (κ1) is 53.8. The van der Waals surface area contributed by atoms with Gasteiger partial charge in [-0.1, -0.05) is 60.7 Å². The third-order valence-electron chi connectivity index (χ3n) is 10.9. The molecule has 5 heterocycles. The maximum Gasteiger partial charge on any atom is 0.294 e. The third kappa shape index (κ3) is 10.7. The van der Waals surface area contributed by atoms with Gasteiger partial charge in [-0.05, 0) is 36.4 Å². The Labute approximate surface area is 444 Å². The molecule has 0 spiro atoms. The summed E-state index contributed by atoms with van der Waals surface area (Å²) >= 11 is 0. The Bertz CT molecular complexity index is 4200. The van der Waals surface area contributed by atoms with Gasteiger partial charge in [0.05, 0.1) is 43.4 Å². The molecule has 9 aromatic rings. The summed E-state index contributed by atoms with van der Waals surface area (Å²) in [6.45, 7) is 0. The van der Waals surface area contributed by atoms with Gasteiger partial charge in [0, 0.05) is 25.2 Å². The second-order valence-corrected chi connectivity index (χ2v) is 22.0. The fraction of sp³-hybridized carbons (Fsp3) is 0.0465. The molecule has 0 bridgehead atoms. The van der Waals surface area contributed by atoms with Crippen LogP contribution in [-0.2, 0) is 40.5 Å². The van der Waals surface area contributed by atoms with E-state index >= 15 is 0 Å². The highest BCUT2D eigenvalue weighted by molar-refractivity contribution is 7.87. The van der Waals surface area contributed by atoms with Crippen LogP contribution in [0.25, 0.3) is 45.8 Å². The number of nitrogen functional groups attached to an aromatic ring is 2. The fourth-order valence-electron chi connectivity index (χ4n) is 7.22. The molecule has 0 unspecified atom stereocenters. The standard InChI is InChI=1S/C43H32N20O12S4/c1-59(2)41-50-42(62-37(46)35(33(57-62)23-9-5-3-6-10-23)53-55-39-25(19-44)21-48-60(39)27-13-29(76(64,65)66)17-30(14-27)77(67,68)69)52-43(51-41)63-38(47)36(34(58-63)24-11-7-4-8-12-24)54-56-40-26(20-45)22-49-61(40)28-15-31(78(70,71)72)18-32(16-28)79(73,74)75/h3-18,21-22H,46-47H2,1-2H3,(H,64,65,66)(H,67,68,69)(H,70,71,72)(H,73,74,75). The summed E-state index contributed by atoms with van der Waals surface area (Å²) in [4.78, 5) is 11.4. The molecule has 5 aromatic heterocycles. The molecular weight excluding hydrogens is 1120 g/mol. The van der Waals surface area contributed by atoms with Crippen LogP contribution in [0.2, 0.25) is 0 Å². The lowest BCUT2D eigenvalue weighted by Crippen LogP contribution is -2.19. The lowest BCUT2D eigenvalue weighted by Gasteiger charge is -2.13. The maximum absolute atomic E-state index is 12.2. The van der Waals surface area contributed by atoms with Crippen molar-refractivity contribution >= 4 is 81.1 Å². The largest absolute Gasteiger partial charge is 0.382 e. The number of aromatic nitrogens is 11. The predicted molar refractivity (Wildman–Crippen MR) is 272 cm³/mol. The zero-order chi connectivity index (χ0) is 56.9. The highest BCUT2D eigenvalue weighted by Crippen LogP contribution is 2.40. The summed E-state index contributed by atoms with van der Waals surface area (Å²) in [6.07, 6.45) is 1.99. The molecule has 79 heavy (non-hydrogen) atoms. The van der Waals surface area contributed by atoms with Crippen molar-refractivity contribution in [3.8, 4) is 57.9 Å². The number of anilines is 3. The van der Waals surface area contributed by atoms with Gasteiger partial charge in [0.2, 0.25) is 5.95 Å². The average Bonchev–Trinajstić information content (AvgIpc) is 4.33. The van der Waals surface area contributed by atoms with E-state index in [0.717, 1.165) is 55.4 Å². The summed E-state index contributed by atoms with van der Waals surface area (Å²) in [5, 5.41) is 54.7. The predicted octanol–water partition coefficient (Wildman–Crippen LogP) is 4.74. The van der Waals surface area contributed by atoms with Crippen LogP contribution >= 0.6 is 0 Å². The van der Waals surface area contributed by atoms with E-state index in [2.05, 4.69) is 45.6 Å². The van der Waals surface area contributed by atoms with Gasteiger partial charge >= 0.3 is 0 Å². The Balaban J connectivity index is 1.20. The van der Waals surface area contributed by atoms with Crippen molar-refractivity contribution in [2.24, 2.45) is 20.5 Å². The fourth-order valence-corrected chi connectivity index (χ4v) is 9.55. The summed E-state index contributed by atoms with van der Waals surface area (Å²) in [5.41, 5.74) is 12.8. The van der Waals surface area contributed by atoms with Crippen molar-refractivity contribution in [1.82, 2.24) is 54.1 Å². The van der Waals surface area contributed by atoms with Crippen LogP contribution in [0, 0.1) is 22.7 Å². The van der Waals surface area contributed by atoms with Crippen molar-refractivity contribution in [2.45, 2.75) is 19.6 Å². The van der Waals surface area contributed by atoms with E-state index in [0.29, 0.717) is 23.3 Å². The van der Waals surface area contributed by atoms with Crippen LogP contribution in [0.3, 0.4) is 0 Å². The number of nitriles is 2. The Morgan fingerprint density at radius 3 is 1.15 bits per heavy atom. The zero-order valence-corrected chi connectivity index (χ0v) is 43.1. The Morgan fingerprint density at radius 2 is 0.848 bits per heavy atom. The third-order valence-corrected chi connectivity index (χ3v) is 14.2. The van der Waals surface area contributed by atoms with Crippen molar-refractivity contribution in [1.29, 1.82) is 10.5 Å². The van der Waals surface area contributed by atoms with E-state index in [1.807, 2.05) is 12.1 Å². The van der Waals surface area contributed by atoms with Gasteiger partial charge in [-0.3, -0.25) is 18.2 Å². The Hall–Kier alpha value is -10.0. The topological polar surface area (TPSA) is 480 Å². The quantitative estimate of drug-likeness (QED) is 0.0596. The molecule has 0 fully saturated rings. The molecule has 8 N–H and O–H groups in total. The van der Waals surface area contributed by atoms with Crippen molar-refractivity contribution in [3.05, 3.63) is 121 Å². The molecule has 0 saturated carbocycles. The van der Waals surface area contributed by atoms with Gasteiger partial charge in [-0.25, -0.2) is 9.36 Å². The number of rotatable bonds is 15. The highest BCUT2D eigenvalue weighted by atomic mass is 32.2. The van der Waals surface area contributed by atoms with Gasteiger partial charge in [-0.2, -0.15) is 88.9 Å². The van der Waals surface area contributed by atoms with Crippen LogP contribution in [0.1, 0.15) is 11.1 Å². The highest BCUT2D eigenvalue weighted by Gasteiger charge is 2.28. The molecule has 400 valence electrons. The average molecular weight is 1150 g/mol. The summed E-state index contributed by atoms with van der Waals surface area (Å²) < 4.78 is 140. The van der Waals surface area contributed by atoms with E-state index in [4.69, 9.17) is 21.7 Å². The summed E-state index contributed by atoms with van der Waals surface area (Å²) in [6, 6.07) is 24.5. The Morgan fingerprint density at radius 1 is 0.506 bits per heavy atom. The minimum Gasteiger partial charge on any atom is -0.382 e. The first-order chi connectivity index (χ1) is 37.2. The zero-order valence-electron chi connectivity index (χ0n) is 39.8. The molecule has 0 radical (unpaired) electrons. The van der Waals surface area contributed by atoms with Crippen molar-refractivity contribution in [2.75, 3.05) is 30.5 Å². The normalized spacial score (nSPS) is 12.3. The van der Waals surface area contributed by atoms with Gasteiger partial charge in [0.1, 0.15) is 34.7 Å². The maximum atomic E-state index is 12.2. The second-order valence-electron chi connectivity index (χ2n) is 16.3. The SMILES string of the molecule is CN(C)c1nc(-n2nc(-c3ccccc3)c(N=Nc3c(C#N)cnn3-c3cc(S(=O)(=O)O)cc(S(=O)(=O)O)c3)c2N)nc(-n2nc(-c3ccccc3)c(N=Nc3c(C#N)cnn3-c3cc(S(=O)(=O)O)cc(S(=O)(=O)O)c3)c2N)n1. The summed E-state index contributed by atoms with van der Waals surface area (Å²) in [7, 11) is -17.2. The number of hydrogen-bond donors (Lipinski definition) is 6. The van der Waals surface area contributed by atoms with E-state index < -0.39 is 83.1 Å². The molecule has 0 saturated heterocycles. The lowest BCUT2D eigenvalue weighted by molar-refractivity contribution is 0.476. The molecule has 0 aliphatic carbocycles. The number of azo groups is 2. The van der Waals surface area contributed by atoms with Crippen LogP contribution in [0.15, 0.2) is 149 Å². The number of nitrogens with zero attached hydrogens (tertiary/aromatic N) is 18. The minimum absolute atomic E-state index is 0.0309. The van der Waals surface area contributed by atoms with Crippen LogP contribution in [-0.4, -0.2) is 120 Å². The molecule has 32 nitrogen and oxygen atoms in total. The molecule has 36 heteroatoms. The lowest BCUT2D eigenvalue weighted by atomic mass is 10.1. The molecule has 0 aliphatic rings. The van der Waals surface area contributed by atoms with Crippen molar-refractivity contribution < 1.29 is 51.9 Å². The summed E-state index contributed by atoms with van der Waals surface area (Å²) in [5.74, 6) is -2.02. The van der Waals surface area contributed by atoms with E-state index in [-0.39, 0.29) is 63.4 Å². The molecule has 4 aromatic carbocycles. The second kappa shape index (κ2) is 20.1. The Kier molecular flexibility index (Phi) is 13.7. The van der Waals surface area contributed by atoms with E-state index in [1.54, 1.807) is 74.8 Å². The van der Waals surface area contributed by atoms with Crippen molar-refractivity contribution in [3.63, 3.8) is 0 Å². The number of nitrogens with two attached hydrogens (primary N) is 2. The number of hydrogen-bond acceptors (Lipinski definition) is 24. The smallest absolute Gasteiger partial charge is 0.294 e. The molecule has 0 atom stereocenters. The molecular formula is C43H32N20O12S4. The van der Waals surface area contributed by atoms with Gasteiger partial charge in [0.15, 0.2) is 34.6 Å². The van der Waals surface area contributed by atoms with Crippen LogP contribution in [0.4, 0.5) is 40.6 Å². The number of benzene rings is 4. The van der Waals surface area contributed by atoms with Gasteiger partial charge in [-0.15, -0.1) is 20.5 Å². The van der Waals surface area contributed by atoms with Gasteiger partial charge < -0.3 is 16.4 Å². The van der Waals surface area contributed by atoms with Crippen LogP contribution in [0.5, 0.6) is 0 Å². The first-order valence-corrected chi connectivity index (χ1v) is 27.3. The molecule has 0 amide bonds. The molecule has 9 rings (SSSR count).